The van der Waals surface area contributed by atoms with Gasteiger partial charge in [-0.2, -0.15) is 0 Å². The molecule has 10 atom stereocenters. The monoisotopic (exact) mass is 493 g/mol. The van der Waals surface area contributed by atoms with Crippen molar-refractivity contribution in [2.24, 2.45) is 23.7 Å². The molecule has 1 spiro atoms. The van der Waals surface area contributed by atoms with E-state index in [1.165, 1.54) is 19.3 Å². The van der Waals surface area contributed by atoms with E-state index < -0.39 is 0 Å². The maximum atomic E-state index is 10.1. The summed E-state index contributed by atoms with van der Waals surface area (Å²) >= 11 is 0. The molecule has 2 aliphatic carbocycles. The number of hydrogen-bond acceptors (Lipinski definition) is 5. The van der Waals surface area contributed by atoms with Crippen LogP contribution in [0.3, 0.4) is 0 Å². The van der Waals surface area contributed by atoms with Gasteiger partial charge in [0.2, 0.25) is 0 Å². The van der Waals surface area contributed by atoms with Crippen molar-refractivity contribution in [1.82, 2.24) is 4.90 Å². The summed E-state index contributed by atoms with van der Waals surface area (Å²) in [7, 11) is 0. The summed E-state index contributed by atoms with van der Waals surface area (Å²) in [6, 6.07) is 10.5. The molecule has 196 valence electrons. The smallest absolute Gasteiger partial charge is 0.136 e. The van der Waals surface area contributed by atoms with Gasteiger partial charge in [0.15, 0.2) is 0 Å². The van der Waals surface area contributed by atoms with Crippen LogP contribution >= 0.6 is 0 Å². The minimum Gasteiger partial charge on any atom is -0.395 e. The number of aliphatic hydroxyl groups excluding tert-OH is 1. The lowest BCUT2D eigenvalue weighted by Gasteiger charge is -2.61. The summed E-state index contributed by atoms with van der Waals surface area (Å²) in [6.07, 6.45) is 8.81. The van der Waals surface area contributed by atoms with Crippen molar-refractivity contribution < 1.29 is 19.6 Å². The van der Waals surface area contributed by atoms with Crippen LogP contribution in [0, 0.1) is 35.5 Å². The fraction of sp³-hybridized carbons (Fsp3) is 0.742. The lowest BCUT2D eigenvalue weighted by molar-refractivity contribution is -0.487. The van der Waals surface area contributed by atoms with Gasteiger partial charge < -0.3 is 9.84 Å². The van der Waals surface area contributed by atoms with E-state index in [2.05, 4.69) is 49.6 Å². The van der Waals surface area contributed by atoms with Gasteiger partial charge in [-0.15, -0.1) is 0 Å². The molecule has 1 N–H and O–H groups in total. The first-order valence-corrected chi connectivity index (χ1v) is 14.4. The van der Waals surface area contributed by atoms with Crippen molar-refractivity contribution >= 4 is 0 Å². The zero-order chi connectivity index (χ0) is 24.9. The van der Waals surface area contributed by atoms with Crippen LogP contribution in [0.1, 0.15) is 77.7 Å². The van der Waals surface area contributed by atoms with Gasteiger partial charge in [-0.05, 0) is 87.8 Å². The molecule has 4 aliphatic heterocycles. The fourth-order valence-electron chi connectivity index (χ4n) is 8.46. The average Bonchev–Trinajstić information content (AvgIpc) is 3.25. The standard InChI is InChI=1S/C31H43NO4/c1-21-11-14-27-22(2)28(34-29-19-30(3)16-15-26(21)31(27,29)36-35-30)18-24(32-17-7-10-25(32)20-33)13-12-23-8-5-4-6-9-23/h4-6,8-9,21-22,24-29,33H,7,10-11,14-20H2,1-3H3/t21-,22-,24+,25+,26+,27+,28-,29+,30+,31-/m1/s1. The summed E-state index contributed by atoms with van der Waals surface area (Å²) in [5, 5.41) is 10.1. The van der Waals surface area contributed by atoms with Gasteiger partial charge in [0, 0.05) is 24.4 Å². The third-order valence-corrected chi connectivity index (χ3v) is 10.5. The number of aliphatic hydroxyl groups is 1. The first-order chi connectivity index (χ1) is 17.4. The van der Waals surface area contributed by atoms with Gasteiger partial charge in [0.1, 0.15) is 11.2 Å². The molecule has 0 amide bonds. The third kappa shape index (κ3) is 4.14. The number of rotatable bonds is 4. The third-order valence-electron chi connectivity index (χ3n) is 10.5. The molecule has 0 radical (unpaired) electrons. The van der Waals surface area contributed by atoms with Crippen LogP contribution in [-0.4, -0.2) is 58.7 Å². The van der Waals surface area contributed by atoms with Crippen LogP contribution in [0.25, 0.3) is 0 Å². The van der Waals surface area contributed by atoms with Gasteiger partial charge in [-0.3, -0.25) is 4.90 Å². The molecule has 6 fully saturated rings. The van der Waals surface area contributed by atoms with Crippen molar-refractivity contribution in [2.45, 2.75) is 108 Å². The largest absolute Gasteiger partial charge is 0.395 e. The van der Waals surface area contributed by atoms with Gasteiger partial charge in [-0.25, -0.2) is 9.78 Å². The minimum absolute atomic E-state index is 0.0698. The lowest BCUT2D eigenvalue weighted by Crippen LogP contribution is -2.69. The molecule has 4 saturated heterocycles. The van der Waals surface area contributed by atoms with E-state index in [0.29, 0.717) is 23.7 Å². The average molecular weight is 494 g/mol. The van der Waals surface area contributed by atoms with Crippen LogP contribution in [0.4, 0.5) is 0 Å². The normalized spacial score (nSPS) is 44.8. The lowest BCUT2D eigenvalue weighted by atomic mass is 9.55. The Morgan fingerprint density at radius 2 is 1.92 bits per heavy atom. The molecular weight excluding hydrogens is 450 g/mol. The van der Waals surface area contributed by atoms with E-state index >= 15 is 0 Å². The maximum Gasteiger partial charge on any atom is 0.136 e. The topological polar surface area (TPSA) is 51.2 Å². The Kier molecular flexibility index (Phi) is 6.72. The van der Waals surface area contributed by atoms with Crippen molar-refractivity contribution in [1.29, 1.82) is 0 Å². The molecule has 1 aromatic carbocycles. The van der Waals surface area contributed by atoms with Gasteiger partial charge >= 0.3 is 0 Å². The predicted molar refractivity (Wildman–Crippen MR) is 139 cm³/mol. The van der Waals surface area contributed by atoms with E-state index in [0.717, 1.165) is 44.2 Å². The van der Waals surface area contributed by atoms with Crippen molar-refractivity contribution in [2.75, 3.05) is 13.2 Å². The molecule has 0 unspecified atom stereocenters. The molecule has 7 rings (SSSR count). The molecule has 2 bridgehead atoms. The Bertz CT molecular complexity index is 989. The van der Waals surface area contributed by atoms with Gasteiger partial charge in [-0.1, -0.05) is 43.9 Å². The minimum atomic E-state index is -0.309. The van der Waals surface area contributed by atoms with Crippen LogP contribution in [-0.2, 0) is 14.5 Å². The van der Waals surface area contributed by atoms with Crippen molar-refractivity contribution in [3.8, 4) is 11.8 Å². The summed E-state index contributed by atoms with van der Waals surface area (Å²) < 4.78 is 7.11. The fourth-order valence-corrected chi connectivity index (χ4v) is 8.46. The summed E-state index contributed by atoms with van der Waals surface area (Å²) in [6.45, 7) is 8.18. The van der Waals surface area contributed by atoms with E-state index in [-0.39, 0.29) is 42.1 Å². The Morgan fingerprint density at radius 1 is 1.08 bits per heavy atom. The highest BCUT2D eigenvalue weighted by atomic mass is 17.2. The molecule has 5 heteroatoms. The Balaban J connectivity index is 1.30. The van der Waals surface area contributed by atoms with Crippen molar-refractivity contribution in [3.63, 3.8) is 0 Å². The second-order valence-corrected chi connectivity index (χ2v) is 12.6. The van der Waals surface area contributed by atoms with Crippen LogP contribution in [0.5, 0.6) is 0 Å². The highest BCUT2D eigenvalue weighted by Crippen LogP contribution is 2.61. The molecule has 36 heavy (non-hydrogen) atoms. The van der Waals surface area contributed by atoms with E-state index in [9.17, 15) is 5.11 Å². The number of nitrogens with zero attached hydrogens (tertiary/aromatic N) is 1. The van der Waals surface area contributed by atoms with E-state index in [1.807, 2.05) is 18.2 Å². The maximum absolute atomic E-state index is 10.1. The van der Waals surface area contributed by atoms with Gasteiger partial charge in [0.25, 0.3) is 0 Å². The first kappa shape index (κ1) is 24.9. The van der Waals surface area contributed by atoms with E-state index in [4.69, 9.17) is 14.5 Å². The molecule has 6 aliphatic rings. The number of likely N-dealkylation sites (tertiary alicyclic amines) is 1. The van der Waals surface area contributed by atoms with Crippen LogP contribution < -0.4 is 0 Å². The molecular formula is C31H43NO4. The van der Waals surface area contributed by atoms with Gasteiger partial charge in [0.05, 0.1) is 24.9 Å². The number of fused-ring (bicyclic) bond motifs is 2. The first-order valence-electron chi connectivity index (χ1n) is 14.4. The second kappa shape index (κ2) is 9.71. The number of hydrogen-bond donors (Lipinski definition) is 1. The second-order valence-electron chi connectivity index (χ2n) is 12.6. The van der Waals surface area contributed by atoms with Crippen molar-refractivity contribution in [3.05, 3.63) is 35.9 Å². The number of benzene rings is 1. The molecule has 0 aromatic heterocycles. The molecule has 5 nitrogen and oxygen atoms in total. The zero-order valence-corrected chi connectivity index (χ0v) is 22.2. The van der Waals surface area contributed by atoms with Crippen LogP contribution in [0.15, 0.2) is 30.3 Å². The Hall–Kier alpha value is -1.42. The quantitative estimate of drug-likeness (QED) is 0.475. The van der Waals surface area contributed by atoms with Crippen LogP contribution in [0.2, 0.25) is 0 Å². The predicted octanol–water partition coefficient (Wildman–Crippen LogP) is 4.96. The molecule has 4 heterocycles. The summed E-state index contributed by atoms with van der Waals surface area (Å²) in [4.78, 5) is 15.1. The summed E-state index contributed by atoms with van der Waals surface area (Å²) in [5.41, 5.74) is 0.477. The zero-order valence-electron chi connectivity index (χ0n) is 22.2. The molecule has 2 saturated carbocycles. The highest BCUT2D eigenvalue weighted by molar-refractivity contribution is 5.35. The molecule has 1 aromatic rings. The van der Waals surface area contributed by atoms with E-state index in [1.54, 1.807) is 0 Å². The highest BCUT2D eigenvalue weighted by Gasteiger charge is 2.68. The summed E-state index contributed by atoms with van der Waals surface area (Å²) in [5.74, 6) is 9.03. The SMILES string of the molecule is C[C@H]1[C@@H](C[C@H](C#Cc2ccccc2)N2CCC[C@H]2CO)O[C@H]2C[C@]3(C)CC[C@H]4[C@H](C)CC[C@@H]1[C@@]24OO3. The Labute approximate surface area is 216 Å². The number of ether oxygens (including phenoxy) is 1. The Morgan fingerprint density at radius 3 is 2.72 bits per heavy atom.